The lowest BCUT2D eigenvalue weighted by Gasteiger charge is -2.03. The Morgan fingerprint density at radius 2 is 2.05 bits per heavy atom. The van der Waals surface area contributed by atoms with Crippen LogP contribution in [0.25, 0.3) is 10.8 Å². The van der Waals surface area contributed by atoms with E-state index in [1.165, 1.54) is 16.3 Å². The Labute approximate surface area is 120 Å². The fourth-order valence-corrected chi connectivity index (χ4v) is 2.71. The molecule has 0 radical (unpaired) electrons. The van der Waals surface area contributed by atoms with Gasteiger partial charge in [-0.05, 0) is 33.9 Å². The number of rotatable bonds is 3. The molecule has 2 N–H and O–H groups in total. The summed E-state index contributed by atoms with van der Waals surface area (Å²) in [6.07, 6.45) is 0.863. The van der Waals surface area contributed by atoms with Gasteiger partial charge in [0, 0.05) is 5.92 Å². The van der Waals surface area contributed by atoms with Gasteiger partial charge >= 0.3 is 0 Å². The highest BCUT2D eigenvalue weighted by atomic mass is 16.2. The number of benzene rings is 2. The van der Waals surface area contributed by atoms with E-state index in [0.29, 0.717) is 0 Å². The van der Waals surface area contributed by atoms with Gasteiger partial charge in [-0.25, -0.2) is 0 Å². The van der Waals surface area contributed by atoms with Gasteiger partial charge in [-0.1, -0.05) is 47.6 Å². The van der Waals surface area contributed by atoms with Crippen LogP contribution in [0.15, 0.2) is 42.5 Å². The number of hydrogen-bond donors (Lipinski definition) is 2. The van der Waals surface area contributed by atoms with E-state index in [1.54, 1.807) is 0 Å². The van der Waals surface area contributed by atoms with E-state index in [1.807, 2.05) is 12.1 Å². The smallest absolute Gasteiger partial charge is 0.269 e. The van der Waals surface area contributed by atoms with Crippen molar-refractivity contribution in [3.8, 4) is 0 Å². The SMILES string of the molecule is O=C(Nc1nn[nH]n1)[C@@H]1C[C@H]1c1ccc2ccccc2c1. The van der Waals surface area contributed by atoms with Crippen LogP contribution in [0.3, 0.4) is 0 Å². The number of hydrogen-bond acceptors (Lipinski definition) is 4. The molecule has 3 aromatic rings. The Kier molecular flexibility index (Phi) is 2.67. The van der Waals surface area contributed by atoms with E-state index in [4.69, 9.17) is 0 Å². The number of fused-ring (bicyclic) bond motifs is 1. The van der Waals surface area contributed by atoms with Crippen molar-refractivity contribution in [2.75, 3.05) is 5.32 Å². The quantitative estimate of drug-likeness (QED) is 0.769. The summed E-state index contributed by atoms with van der Waals surface area (Å²) in [6, 6.07) is 14.6. The lowest BCUT2D eigenvalue weighted by Crippen LogP contribution is -2.15. The van der Waals surface area contributed by atoms with Crippen LogP contribution < -0.4 is 5.32 Å². The van der Waals surface area contributed by atoms with Gasteiger partial charge in [0.25, 0.3) is 5.95 Å². The van der Waals surface area contributed by atoms with Crippen molar-refractivity contribution in [3.05, 3.63) is 48.0 Å². The molecule has 1 aliphatic carbocycles. The van der Waals surface area contributed by atoms with Crippen LogP contribution in [-0.2, 0) is 4.79 Å². The number of aromatic amines is 1. The fraction of sp³-hybridized carbons (Fsp3) is 0.200. The molecule has 0 saturated heterocycles. The summed E-state index contributed by atoms with van der Waals surface area (Å²) in [5, 5.41) is 18.3. The zero-order valence-electron chi connectivity index (χ0n) is 11.2. The molecule has 1 amide bonds. The lowest BCUT2D eigenvalue weighted by atomic mass is 10.0. The molecule has 0 unspecified atom stereocenters. The summed E-state index contributed by atoms with van der Waals surface area (Å²) < 4.78 is 0. The van der Waals surface area contributed by atoms with Crippen molar-refractivity contribution in [1.82, 2.24) is 20.6 Å². The minimum absolute atomic E-state index is 0.00957. The van der Waals surface area contributed by atoms with Gasteiger partial charge in [0.15, 0.2) is 0 Å². The first-order chi connectivity index (χ1) is 10.3. The van der Waals surface area contributed by atoms with Crippen LogP contribution in [0.1, 0.15) is 17.9 Å². The second-order valence-electron chi connectivity index (χ2n) is 5.28. The van der Waals surface area contributed by atoms with Gasteiger partial charge in [-0.2, -0.15) is 5.21 Å². The summed E-state index contributed by atoms with van der Waals surface area (Å²) in [5.74, 6) is 0.449. The first-order valence-corrected chi connectivity index (χ1v) is 6.84. The van der Waals surface area contributed by atoms with Crippen LogP contribution in [-0.4, -0.2) is 26.5 Å². The number of H-pyrrole nitrogens is 1. The summed E-state index contributed by atoms with van der Waals surface area (Å²) >= 11 is 0. The van der Waals surface area contributed by atoms with Gasteiger partial charge in [-0.3, -0.25) is 10.1 Å². The highest BCUT2D eigenvalue weighted by molar-refractivity contribution is 5.94. The van der Waals surface area contributed by atoms with Crippen molar-refractivity contribution in [1.29, 1.82) is 0 Å². The van der Waals surface area contributed by atoms with E-state index in [0.717, 1.165) is 6.42 Å². The molecule has 1 heterocycles. The van der Waals surface area contributed by atoms with E-state index in [9.17, 15) is 4.79 Å². The summed E-state index contributed by atoms with van der Waals surface area (Å²) in [6.45, 7) is 0. The van der Waals surface area contributed by atoms with Gasteiger partial charge in [0.05, 0.1) is 0 Å². The molecule has 1 fully saturated rings. The molecule has 4 rings (SSSR count). The maximum atomic E-state index is 12.1. The van der Waals surface area contributed by atoms with E-state index >= 15 is 0 Å². The first kappa shape index (κ1) is 12.0. The Hall–Kier alpha value is -2.76. The van der Waals surface area contributed by atoms with Crippen LogP contribution >= 0.6 is 0 Å². The molecule has 6 heteroatoms. The molecule has 0 aliphatic heterocycles. The highest BCUT2D eigenvalue weighted by Crippen LogP contribution is 2.48. The first-order valence-electron chi connectivity index (χ1n) is 6.84. The van der Waals surface area contributed by atoms with E-state index in [2.05, 4.69) is 56.3 Å². The minimum Gasteiger partial charge on any atom is -0.292 e. The number of nitrogens with one attached hydrogen (secondary N) is 2. The van der Waals surface area contributed by atoms with Crippen LogP contribution in [0.4, 0.5) is 5.95 Å². The number of carbonyl (C=O) groups is 1. The van der Waals surface area contributed by atoms with Gasteiger partial charge in [0.2, 0.25) is 5.91 Å². The Morgan fingerprint density at radius 3 is 2.86 bits per heavy atom. The van der Waals surface area contributed by atoms with Crippen molar-refractivity contribution in [2.24, 2.45) is 5.92 Å². The standard InChI is InChI=1S/C15H13N5O/c21-14(16-15-17-19-20-18-15)13-8-12(13)11-6-5-9-3-1-2-4-10(9)7-11/h1-7,12-13H,8H2,(H2,16,17,18,19,20,21)/t12-,13+/m0/s1. The van der Waals surface area contributed by atoms with Crippen molar-refractivity contribution in [3.63, 3.8) is 0 Å². The predicted octanol–water partition coefficient (Wildman–Crippen LogP) is 2.10. The maximum absolute atomic E-state index is 12.1. The molecular formula is C15H13N5O. The third kappa shape index (κ3) is 2.24. The largest absolute Gasteiger partial charge is 0.292 e. The average Bonchev–Trinajstić information content (AvgIpc) is 3.17. The third-order valence-corrected chi connectivity index (χ3v) is 3.91. The number of nitrogens with zero attached hydrogens (tertiary/aromatic N) is 3. The number of amides is 1. The molecule has 1 saturated carbocycles. The third-order valence-electron chi connectivity index (χ3n) is 3.91. The van der Waals surface area contributed by atoms with Gasteiger partial charge < -0.3 is 0 Å². The fourth-order valence-electron chi connectivity index (χ4n) is 2.71. The zero-order chi connectivity index (χ0) is 14.2. The molecular weight excluding hydrogens is 266 g/mol. The van der Waals surface area contributed by atoms with E-state index in [-0.39, 0.29) is 23.7 Å². The minimum atomic E-state index is -0.0467. The lowest BCUT2D eigenvalue weighted by molar-refractivity contribution is -0.117. The molecule has 2 aromatic carbocycles. The number of tetrazole rings is 1. The molecule has 104 valence electrons. The highest BCUT2D eigenvalue weighted by Gasteiger charge is 2.44. The molecule has 0 bridgehead atoms. The summed E-state index contributed by atoms with van der Waals surface area (Å²) in [4.78, 5) is 12.1. The van der Waals surface area contributed by atoms with Crippen LogP contribution in [0.2, 0.25) is 0 Å². The second kappa shape index (κ2) is 4.66. The Morgan fingerprint density at radius 1 is 1.19 bits per heavy atom. The average molecular weight is 279 g/mol. The number of carbonyl (C=O) groups excluding carboxylic acids is 1. The summed E-state index contributed by atoms with van der Waals surface area (Å²) in [7, 11) is 0. The Balaban J connectivity index is 1.51. The van der Waals surface area contributed by atoms with Crippen LogP contribution in [0, 0.1) is 5.92 Å². The molecule has 2 atom stereocenters. The van der Waals surface area contributed by atoms with Crippen molar-refractivity contribution in [2.45, 2.75) is 12.3 Å². The van der Waals surface area contributed by atoms with Gasteiger partial charge in [0.1, 0.15) is 0 Å². The van der Waals surface area contributed by atoms with Crippen molar-refractivity contribution >= 4 is 22.6 Å². The normalized spacial score (nSPS) is 20.4. The van der Waals surface area contributed by atoms with Gasteiger partial charge in [-0.15, -0.1) is 5.10 Å². The van der Waals surface area contributed by atoms with E-state index < -0.39 is 0 Å². The molecule has 1 aromatic heterocycles. The number of aromatic nitrogens is 4. The topological polar surface area (TPSA) is 83.6 Å². The molecule has 21 heavy (non-hydrogen) atoms. The zero-order valence-corrected chi connectivity index (χ0v) is 11.2. The summed E-state index contributed by atoms with van der Waals surface area (Å²) in [5.41, 5.74) is 1.21. The molecule has 1 aliphatic rings. The molecule has 0 spiro atoms. The maximum Gasteiger partial charge on any atom is 0.269 e. The van der Waals surface area contributed by atoms with Crippen LogP contribution in [0.5, 0.6) is 0 Å². The predicted molar refractivity (Wildman–Crippen MR) is 77.6 cm³/mol. The number of anilines is 1. The Bertz CT molecular complexity index is 799. The van der Waals surface area contributed by atoms with Crippen molar-refractivity contribution < 1.29 is 4.79 Å². The second-order valence-corrected chi connectivity index (χ2v) is 5.28. The monoisotopic (exact) mass is 279 g/mol. The molecule has 6 nitrogen and oxygen atoms in total.